The number of hydrogen-bond donors (Lipinski definition) is 1. The highest BCUT2D eigenvalue weighted by Gasteiger charge is 2.36. The SMILES string of the molecule is Cc1nc(CN2CC(C(C)C)NCC2C(C)(C)C)sc1C. The first-order chi connectivity index (χ1) is 9.68. The summed E-state index contributed by atoms with van der Waals surface area (Å²) in [5.41, 5.74) is 1.48. The van der Waals surface area contributed by atoms with Crippen LogP contribution in [0.25, 0.3) is 0 Å². The monoisotopic (exact) mass is 309 g/mol. The van der Waals surface area contributed by atoms with Gasteiger partial charge in [-0.3, -0.25) is 4.90 Å². The molecule has 4 heteroatoms. The molecule has 21 heavy (non-hydrogen) atoms. The Morgan fingerprint density at radius 1 is 1.33 bits per heavy atom. The molecule has 1 aromatic rings. The Balaban J connectivity index is 2.16. The average molecular weight is 310 g/mol. The van der Waals surface area contributed by atoms with Crippen molar-refractivity contribution in [2.75, 3.05) is 13.1 Å². The first kappa shape index (κ1) is 16.9. The summed E-state index contributed by atoms with van der Waals surface area (Å²) in [7, 11) is 0. The van der Waals surface area contributed by atoms with E-state index in [-0.39, 0.29) is 5.41 Å². The minimum Gasteiger partial charge on any atom is -0.311 e. The fourth-order valence-electron chi connectivity index (χ4n) is 3.09. The highest BCUT2D eigenvalue weighted by Crippen LogP contribution is 2.30. The van der Waals surface area contributed by atoms with E-state index >= 15 is 0 Å². The Kier molecular flexibility index (Phi) is 5.11. The molecule has 0 saturated carbocycles. The lowest BCUT2D eigenvalue weighted by atomic mass is 9.83. The molecule has 2 atom stereocenters. The van der Waals surface area contributed by atoms with Gasteiger partial charge >= 0.3 is 0 Å². The van der Waals surface area contributed by atoms with Gasteiger partial charge in [0, 0.05) is 30.1 Å². The van der Waals surface area contributed by atoms with E-state index in [2.05, 4.69) is 58.7 Å². The van der Waals surface area contributed by atoms with Crippen LogP contribution in [0.5, 0.6) is 0 Å². The van der Waals surface area contributed by atoms with Crippen molar-refractivity contribution in [1.29, 1.82) is 0 Å². The van der Waals surface area contributed by atoms with E-state index in [1.165, 1.54) is 15.6 Å². The molecule has 1 saturated heterocycles. The maximum absolute atomic E-state index is 4.75. The molecule has 0 amide bonds. The van der Waals surface area contributed by atoms with Gasteiger partial charge in [0.25, 0.3) is 0 Å². The summed E-state index contributed by atoms with van der Waals surface area (Å²) < 4.78 is 0. The summed E-state index contributed by atoms with van der Waals surface area (Å²) in [4.78, 5) is 8.75. The van der Waals surface area contributed by atoms with Gasteiger partial charge in [-0.25, -0.2) is 4.98 Å². The number of nitrogens with zero attached hydrogens (tertiary/aromatic N) is 2. The molecule has 0 aromatic carbocycles. The molecule has 1 N–H and O–H groups in total. The smallest absolute Gasteiger partial charge is 0.107 e. The Bertz CT molecular complexity index is 453. The standard InChI is InChI=1S/C17H31N3S/c1-11(2)14-9-20(15(8-18-14)17(5,6)7)10-16-19-12(3)13(4)21-16/h11,14-15,18H,8-10H2,1-7H3. The second kappa shape index (κ2) is 6.35. The molecule has 0 bridgehead atoms. The van der Waals surface area contributed by atoms with Gasteiger partial charge in [-0.2, -0.15) is 0 Å². The quantitative estimate of drug-likeness (QED) is 0.924. The summed E-state index contributed by atoms with van der Waals surface area (Å²) in [6.45, 7) is 19.1. The van der Waals surface area contributed by atoms with Crippen LogP contribution in [0.3, 0.4) is 0 Å². The van der Waals surface area contributed by atoms with E-state index < -0.39 is 0 Å². The Hall–Kier alpha value is -0.450. The number of nitrogens with one attached hydrogen (secondary N) is 1. The Labute approximate surface area is 134 Å². The molecule has 1 aliphatic rings. The van der Waals surface area contributed by atoms with E-state index in [1.54, 1.807) is 0 Å². The molecule has 0 spiro atoms. The lowest BCUT2D eigenvalue weighted by Crippen LogP contribution is -2.61. The average Bonchev–Trinajstić information content (AvgIpc) is 2.66. The zero-order chi connectivity index (χ0) is 15.8. The summed E-state index contributed by atoms with van der Waals surface area (Å²) in [6.07, 6.45) is 0. The number of aryl methyl sites for hydroxylation is 2. The Morgan fingerprint density at radius 3 is 2.48 bits per heavy atom. The lowest BCUT2D eigenvalue weighted by molar-refractivity contribution is 0.0399. The van der Waals surface area contributed by atoms with Crippen molar-refractivity contribution in [3.8, 4) is 0 Å². The van der Waals surface area contributed by atoms with Gasteiger partial charge in [0.1, 0.15) is 5.01 Å². The van der Waals surface area contributed by atoms with Crippen LogP contribution < -0.4 is 5.32 Å². The van der Waals surface area contributed by atoms with Crippen molar-refractivity contribution in [3.63, 3.8) is 0 Å². The number of aromatic nitrogens is 1. The zero-order valence-electron chi connectivity index (χ0n) is 14.7. The van der Waals surface area contributed by atoms with E-state index in [9.17, 15) is 0 Å². The van der Waals surface area contributed by atoms with Crippen molar-refractivity contribution < 1.29 is 0 Å². The number of piperazine rings is 1. The maximum atomic E-state index is 4.75. The summed E-state index contributed by atoms with van der Waals surface area (Å²) in [5.74, 6) is 0.674. The van der Waals surface area contributed by atoms with Crippen molar-refractivity contribution in [2.24, 2.45) is 11.3 Å². The van der Waals surface area contributed by atoms with E-state index in [0.29, 0.717) is 18.0 Å². The van der Waals surface area contributed by atoms with Crippen molar-refractivity contribution in [1.82, 2.24) is 15.2 Å². The lowest BCUT2D eigenvalue weighted by Gasteiger charge is -2.47. The second-order valence-corrected chi connectivity index (χ2v) is 9.11. The predicted octanol–water partition coefficient (Wildman–Crippen LogP) is 3.60. The molecule has 2 unspecified atom stereocenters. The first-order valence-electron chi connectivity index (χ1n) is 8.09. The topological polar surface area (TPSA) is 28.2 Å². The fourth-order valence-corrected chi connectivity index (χ4v) is 4.05. The molecule has 3 nitrogen and oxygen atoms in total. The molecular weight excluding hydrogens is 278 g/mol. The van der Waals surface area contributed by atoms with Crippen molar-refractivity contribution >= 4 is 11.3 Å². The van der Waals surface area contributed by atoms with E-state index in [4.69, 9.17) is 4.98 Å². The van der Waals surface area contributed by atoms with E-state index in [0.717, 1.165) is 19.6 Å². The molecule has 0 aliphatic carbocycles. The molecule has 1 aliphatic heterocycles. The third-order valence-corrected chi connectivity index (χ3v) is 5.72. The van der Waals surface area contributed by atoms with Crippen LogP contribution in [0.1, 0.15) is 50.2 Å². The third kappa shape index (κ3) is 4.05. The van der Waals surface area contributed by atoms with Crippen LogP contribution in [0, 0.1) is 25.2 Å². The van der Waals surface area contributed by atoms with E-state index in [1.807, 2.05) is 11.3 Å². The van der Waals surface area contributed by atoms with Gasteiger partial charge in [0.15, 0.2) is 0 Å². The number of rotatable bonds is 3. The number of hydrogen-bond acceptors (Lipinski definition) is 4. The molecular formula is C17H31N3S. The normalized spacial score (nSPS) is 24.8. The molecule has 0 radical (unpaired) electrons. The molecule has 1 fully saturated rings. The summed E-state index contributed by atoms with van der Waals surface area (Å²) in [6, 6.07) is 1.16. The largest absolute Gasteiger partial charge is 0.311 e. The minimum absolute atomic E-state index is 0.288. The second-order valence-electron chi connectivity index (χ2n) is 7.82. The van der Waals surface area contributed by atoms with Gasteiger partial charge < -0.3 is 5.32 Å². The first-order valence-corrected chi connectivity index (χ1v) is 8.90. The van der Waals surface area contributed by atoms with Crippen molar-refractivity contribution in [2.45, 2.75) is 67.1 Å². The third-order valence-electron chi connectivity index (χ3n) is 4.66. The van der Waals surface area contributed by atoms with Gasteiger partial charge in [0.2, 0.25) is 0 Å². The zero-order valence-corrected chi connectivity index (χ0v) is 15.5. The van der Waals surface area contributed by atoms with Crippen LogP contribution in [0.4, 0.5) is 0 Å². The molecule has 2 heterocycles. The van der Waals surface area contributed by atoms with Gasteiger partial charge in [-0.15, -0.1) is 11.3 Å². The van der Waals surface area contributed by atoms with Gasteiger partial charge in [-0.1, -0.05) is 34.6 Å². The van der Waals surface area contributed by atoms with Crippen LogP contribution in [-0.2, 0) is 6.54 Å². The predicted molar refractivity (Wildman–Crippen MR) is 91.9 cm³/mol. The van der Waals surface area contributed by atoms with Gasteiger partial charge in [-0.05, 0) is 25.2 Å². The van der Waals surface area contributed by atoms with Crippen molar-refractivity contribution in [3.05, 3.63) is 15.6 Å². The van der Waals surface area contributed by atoms with Gasteiger partial charge in [0.05, 0.1) is 12.2 Å². The van der Waals surface area contributed by atoms with Crippen LogP contribution in [-0.4, -0.2) is 35.1 Å². The minimum atomic E-state index is 0.288. The maximum Gasteiger partial charge on any atom is 0.107 e. The molecule has 1 aromatic heterocycles. The molecule has 120 valence electrons. The Morgan fingerprint density at radius 2 is 2.00 bits per heavy atom. The van der Waals surface area contributed by atoms with Crippen LogP contribution in [0.15, 0.2) is 0 Å². The number of thiazole rings is 1. The molecule has 2 rings (SSSR count). The van der Waals surface area contributed by atoms with Crippen LogP contribution in [0.2, 0.25) is 0 Å². The fraction of sp³-hybridized carbons (Fsp3) is 0.824. The summed E-state index contributed by atoms with van der Waals surface area (Å²) >= 11 is 1.86. The summed E-state index contributed by atoms with van der Waals surface area (Å²) in [5, 5.41) is 5.02. The highest BCUT2D eigenvalue weighted by atomic mass is 32.1. The van der Waals surface area contributed by atoms with Crippen LogP contribution >= 0.6 is 11.3 Å². The highest BCUT2D eigenvalue weighted by molar-refractivity contribution is 7.11.